The summed E-state index contributed by atoms with van der Waals surface area (Å²) in [5.41, 5.74) is 0. The minimum Gasteiger partial charge on any atom is -0.392 e. The van der Waals surface area contributed by atoms with Crippen LogP contribution in [0.2, 0.25) is 0 Å². The van der Waals surface area contributed by atoms with E-state index in [0.29, 0.717) is 19.1 Å². The van der Waals surface area contributed by atoms with E-state index in [1.807, 2.05) is 0 Å². The molecule has 0 aliphatic carbocycles. The lowest BCUT2D eigenvalue weighted by atomic mass is 10.1. The van der Waals surface area contributed by atoms with Crippen LogP contribution in [0.15, 0.2) is 0 Å². The van der Waals surface area contributed by atoms with Crippen LogP contribution >= 0.6 is 0 Å². The van der Waals surface area contributed by atoms with Gasteiger partial charge in [-0.05, 0) is 6.92 Å². The molecule has 6 heteroatoms. The van der Waals surface area contributed by atoms with Crippen molar-refractivity contribution in [1.82, 2.24) is 20.0 Å². The van der Waals surface area contributed by atoms with Crippen molar-refractivity contribution >= 4 is 6.03 Å². The third-order valence-electron chi connectivity index (χ3n) is 3.77. The highest BCUT2D eigenvalue weighted by Gasteiger charge is 2.31. The smallest absolute Gasteiger partial charge is 0.317 e. The number of aliphatic hydroxyl groups is 1. The predicted molar refractivity (Wildman–Crippen MR) is 69.5 cm³/mol. The van der Waals surface area contributed by atoms with Gasteiger partial charge in [-0.15, -0.1) is 0 Å². The summed E-state index contributed by atoms with van der Waals surface area (Å²) in [7, 11) is 1.71. The maximum Gasteiger partial charge on any atom is 0.317 e. The van der Waals surface area contributed by atoms with E-state index in [1.165, 1.54) is 4.90 Å². The molecule has 3 heterocycles. The molecule has 0 spiro atoms. The number of nitrogens with zero attached hydrogens (tertiary/aromatic N) is 3. The molecule has 2 atom stereocenters. The van der Waals surface area contributed by atoms with E-state index in [-0.39, 0.29) is 6.03 Å². The van der Waals surface area contributed by atoms with Crippen molar-refractivity contribution in [2.45, 2.75) is 19.1 Å². The standard InChI is InChI=1S/C12H24N4O2/c1-10(17)8-14(2)12(18)13-7-11-9-15-3-5-16(11)6-4-15/h10-11,17H,3-9H2,1-2H3,(H,13,18). The molecule has 3 saturated heterocycles. The zero-order chi connectivity index (χ0) is 13.1. The largest absolute Gasteiger partial charge is 0.392 e. The minimum atomic E-state index is -0.485. The molecule has 0 aromatic carbocycles. The molecule has 2 bridgehead atoms. The number of carbonyl (C=O) groups is 1. The molecule has 3 aliphatic heterocycles. The molecule has 2 N–H and O–H groups in total. The van der Waals surface area contributed by atoms with Gasteiger partial charge >= 0.3 is 6.03 Å². The fourth-order valence-electron chi connectivity index (χ4n) is 2.74. The van der Waals surface area contributed by atoms with Gasteiger partial charge in [-0.3, -0.25) is 9.80 Å². The molecule has 2 amide bonds. The molecule has 3 rings (SSSR count). The summed E-state index contributed by atoms with van der Waals surface area (Å²) >= 11 is 0. The number of likely N-dealkylation sites (N-methyl/N-ethyl adjacent to an activating group) is 1. The number of hydrogen-bond donors (Lipinski definition) is 2. The third-order valence-corrected chi connectivity index (χ3v) is 3.77. The minimum absolute atomic E-state index is 0.103. The second-order valence-electron chi connectivity index (χ2n) is 5.41. The van der Waals surface area contributed by atoms with Gasteiger partial charge in [0.1, 0.15) is 0 Å². The molecule has 18 heavy (non-hydrogen) atoms. The lowest BCUT2D eigenvalue weighted by Crippen LogP contribution is -2.63. The van der Waals surface area contributed by atoms with Crippen molar-refractivity contribution in [3.8, 4) is 0 Å². The van der Waals surface area contributed by atoms with E-state index in [2.05, 4.69) is 15.1 Å². The molecular formula is C12H24N4O2. The maximum atomic E-state index is 11.8. The number of carbonyl (C=O) groups excluding carboxylic acids is 1. The zero-order valence-corrected chi connectivity index (χ0v) is 11.3. The SMILES string of the molecule is CC(O)CN(C)C(=O)NCC1CN2CCN1CC2. The normalized spacial score (nSPS) is 32.1. The highest BCUT2D eigenvalue weighted by Crippen LogP contribution is 2.14. The number of fused-ring (bicyclic) bond motifs is 3. The van der Waals surface area contributed by atoms with Gasteiger partial charge in [-0.1, -0.05) is 0 Å². The lowest BCUT2D eigenvalue weighted by Gasteiger charge is -2.47. The first-order valence-electron chi connectivity index (χ1n) is 6.69. The molecule has 3 fully saturated rings. The van der Waals surface area contributed by atoms with Gasteiger partial charge in [0.15, 0.2) is 0 Å². The van der Waals surface area contributed by atoms with Crippen LogP contribution in [0, 0.1) is 0 Å². The molecule has 0 radical (unpaired) electrons. The highest BCUT2D eigenvalue weighted by atomic mass is 16.3. The van der Waals surface area contributed by atoms with E-state index in [9.17, 15) is 9.90 Å². The van der Waals surface area contributed by atoms with Crippen molar-refractivity contribution in [3.63, 3.8) is 0 Å². The van der Waals surface area contributed by atoms with E-state index in [4.69, 9.17) is 0 Å². The van der Waals surface area contributed by atoms with Crippen LogP contribution in [-0.4, -0.2) is 90.8 Å². The summed E-state index contributed by atoms with van der Waals surface area (Å²) < 4.78 is 0. The van der Waals surface area contributed by atoms with Crippen molar-refractivity contribution < 1.29 is 9.90 Å². The summed E-state index contributed by atoms with van der Waals surface area (Å²) in [6, 6.07) is 0.338. The Kier molecular flexibility index (Phi) is 4.42. The summed E-state index contributed by atoms with van der Waals surface area (Å²) in [4.78, 5) is 18.2. The second-order valence-corrected chi connectivity index (χ2v) is 5.41. The lowest BCUT2D eigenvalue weighted by molar-refractivity contribution is 0.0143. The summed E-state index contributed by atoms with van der Waals surface area (Å²) in [5.74, 6) is 0. The van der Waals surface area contributed by atoms with Crippen LogP contribution in [0.4, 0.5) is 4.79 Å². The van der Waals surface area contributed by atoms with Crippen LogP contribution in [-0.2, 0) is 0 Å². The van der Waals surface area contributed by atoms with Crippen LogP contribution in [0.5, 0.6) is 0 Å². The topological polar surface area (TPSA) is 59.1 Å². The average Bonchev–Trinajstić information content (AvgIpc) is 2.36. The molecule has 0 saturated carbocycles. The molecule has 3 aliphatic rings. The number of urea groups is 1. The average molecular weight is 256 g/mol. The number of aliphatic hydroxyl groups excluding tert-OH is 1. The number of amides is 2. The monoisotopic (exact) mass is 256 g/mol. The summed E-state index contributed by atoms with van der Waals surface area (Å²) in [6.45, 7) is 8.35. The first-order valence-corrected chi connectivity index (χ1v) is 6.69. The fourth-order valence-corrected chi connectivity index (χ4v) is 2.74. The summed E-state index contributed by atoms with van der Waals surface area (Å²) in [5, 5.41) is 12.2. The quantitative estimate of drug-likeness (QED) is 0.678. The molecule has 104 valence electrons. The first kappa shape index (κ1) is 13.6. The van der Waals surface area contributed by atoms with Crippen molar-refractivity contribution in [3.05, 3.63) is 0 Å². The summed E-state index contributed by atoms with van der Waals surface area (Å²) in [6.07, 6.45) is -0.485. The highest BCUT2D eigenvalue weighted by molar-refractivity contribution is 5.73. The van der Waals surface area contributed by atoms with Crippen LogP contribution in [0.3, 0.4) is 0 Å². The van der Waals surface area contributed by atoms with Gasteiger partial charge < -0.3 is 15.3 Å². The Balaban J connectivity index is 1.73. The predicted octanol–water partition coefficient (Wildman–Crippen LogP) is -0.992. The molecule has 6 nitrogen and oxygen atoms in total. The van der Waals surface area contributed by atoms with Crippen molar-refractivity contribution in [2.24, 2.45) is 0 Å². The van der Waals surface area contributed by atoms with E-state index >= 15 is 0 Å². The van der Waals surface area contributed by atoms with E-state index < -0.39 is 6.10 Å². The first-order chi connectivity index (χ1) is 8.56. The molecular weight excluding hydrogens is 232 g/mol. The number of nitrogens with one attached hydrogen (secondary N) is 1. The second kappa shape index (κ2) is 5.86. The Morgan fingerprint density at radius 1 is 1.44 bits per heavy atom. The molecule has 0 aromatic rings. The van der Waals surface area contributed by atoms with E-state index in [1.54, 1.807) is 14.0 Å². The molecule has 0 aromatic heterocycles. The Morgan fingerprint density at radius 3 is 2.61 bits per heavy atom. The van der Waals surface area contributed by atoms with Crippen LogP contribution < -0.4 is 5.32 Å². The Bertz CT molecular complexity index is 290. The van der Waals surface area contributed by atoms with Crippen LogP contribution in [0.25, 0.3) is 0 Å². The Hall–Kier alpha value is -0.850. The fraction of sp³-hybridized carbons (Fsp3) is 0.917. The van der Waals surface area contributed by atoms with Gasteiger partial charge in [-0.25, -0.2) is 4.79 Å². The maximum absolute atomic E-state index is 11.8. The van der Waals surface area contributed by atoms with Crippen molar-refractivity contribution in [1.29, 1.82) is 0 Å². The Morgan fingerprint density at radius 2 is 2.11 bits per heavy atom. The number of piperazine rings is 3. The van der Waals surface area contributed by atoms with Crippen molar-refractivity contribution in [2.75, 3.05) is 52.9 Å². The van der Waals surface area contributed by atoms with Gasteiger partial charge in [0.05, 0.1) is 6.10 Å². The zero-order valence-electron chi connectivity index (χ0n) is 11.3. The van der Waals surface area contributed by atoms with Gasteiger partial charge in [-0.2, -0.15) is 0 Å². The van der Waals surface area contributed by atoms with Gasteiger partial charge in [0, 0.05) is 58.9 Å². The number of hydrogen-bond acceptors (Lipinski definition) is 4. The van der Waals surface area contributed by atoms with Gasteiger partial charge in [0.2, 0.25) is 0 Å². The van der Waals surface area contributed by atoms with Crippen LogP contribution in [0.1, 0.15) is 6.92 Å². The Labute approximate surface area is 109 Å². The molecule has 2 unspecified atom stereocenters. The van der Waals surface area contributed by atoms with Gasteiger partial charge in [0.25, 0.3) is 0 Å². The third kappa shape index (κ3) is 3.34. The number of rotatable bonds is 4. The van der Waals surface area contributed by atoms with E-state index in [0.717, 1.165) is 32.7 Å².